The van der Waals surface area contributed by atoms with E-state index in [1.165, 1.54) is 0 Å². The van der Waals surface area contributed by atoms with E-state index >= 15 is 0 Å². The summed E-state index contributed by atoms with van der Waals surface area (Å²) in [7, 11) is 0. The predicted molar refractivity (Wildman–Crippen MR) is 53.4 cm³/mol. The molecule has 2 heteroatoms. The first-order chi connectivity index (χ1) is 6.06. The second-order valence-corrected chi connectivity index (χ2v) is 3.84. The van der Waals surface area contributed by atoms with Gasteiger partial charge in [-0.05, 0) is 39.2 Å². The Morgan fingerprint density at radius 2 is 1.69 bits per heavy atom. The van der Waals surface area contributed by atoms with Gasteiger partial charge in [0.2, 0.25) is 0 Å². The third-order valence-corrected chi connectivity index (χ3v) is 2.61. The lowest BCUT2D eigenvalue weighted by Gasteiger charge is -2.29. The third kappa shape index (κ3) is 2.20. The lowest BCUT2D eigenvalue weighted by atomic mass is 9.83. The lowest BCUT2D eigenvalue weighted by Crippen LogP contribution is -2.29. The van der Waals surface area contributed by atoms with Gasteiger partial charge >= 0.3 is 0 Å². The number of hydrogen-bond acceptors (Lipinski definition) is 2. The van der Waals surface area contributed by atoms with Crippen LogP contribution in [0.2, 0.25) is 0 Å². The van der Waals surface area contributed by atoms with Crippen molar-refractivity contribution in [3.05, 3.63) is 22.8 Å². The topological polar surface area (TPSA) is 40.5 Å². The molecular weight excluding hydrogens is 164 g/mol. The molecule has 74 valence electrons. The fourth-order valence-corrected chi connectivity index (χ4v) is 1.92. The maximum Gasteiger partial charge on any atom is 0.0814 e. The van der Waals surface area contributed by atoms with E-state index in [0.717, 1.165) is 16.7 Å². The van der Waals surface area contributed by atoms with Crippen LogP contribution in [0.4, 0.5) is 0 Å². The number of hydrogen-bond donors (Lipinski definition) is 2. The Morgan fingerprint density at radius 3 is 2.00 bits per heavy atom. The summed E-state index contributed by atoms with van der Waals surface area (Å²) in [4.78, 5) is 0. The molecule has 2 unspecified atom stereocenters. The monoisotopic (exact) mass is 182 g/mol. The van der Waals surface area contributed by atoms with Crippen molar-refractivity contribution in [1.29, 1.82) is 0 Å². The minimum absolute atomic E-state index is 0.486. The molecule has 0 heterocycles. The molecule has 0 amide bonds. The summed E-state index contributed by atoms with van der Waals surface area (Å²) >= 11 is 0. The Bertz CT molecular complexity index is 231. The molecule has 2 atom stereocenters. The summed E-state index contributed by atoms with van der Waals surface area (Å²) in [5, 5.41) is 19.5. The molecule has 2 N–H and O–H groups in total. The van der Waals surface area contributed by atoms with Gasteiger partial charge in [0, 0.05) is 0 Å². The molecule has 0 spiro atoms. The van der Waals surface area contributed by atoms with Gasteiger partial charge in [0.05, 0.1) is 12.2 Å². The van der Waals surface area contributed by atoms with Crippen LogP contribution in [0.5, 0.6) is 0 Å². The molecule has 0 aliphatic heterocycles. The van der Waals surface area contributed by atoms with Crippen molar-refractivity contribution >= 4 is 0 Å². The Balaban J connectivity index is 2.89. The van der Waals surface area contributed by atoms with Crippen LogP contribution in [0, 0.1) is 0 Å². The number of aliphatic hydroxyl groups is 2. The van der Waals surface area contributed by atoms with Crippen LogP contribution < -0.4 is 0 Å². The van der Waals surface area contributed by atoms with E-state index in [1.807, 2.05) is 26.8 Å². The van der Waals surface area contributed by atoms with Crippen LogP contribution in [0.3, 0.4) is 0 Å². The summed E-state index contributed by atoms with van der Waals surface area (Å²) in [6, 6.07) is 0. The van der Waals surface area contributed by atoms with Gasteiger partial charge in [-0.15, -0.1) is 0 Å². The predicted octanol–water partition coefficient (Wildman–Crippen LogP) is 1.78. The van der Waals surface area contributed by atoms with Crippen molar-refractivity contribution in [2.24, 2.45) is 0 Å². The van der Waals surface area contributed by atoms with Gasteiger partial charge in [-0.3, -0.25) is 0 Å². The Hall–Kier alpha value is -0.600. The highest BCUT2D eigenvalue weighted by atomic mass is 16.3. The molecule has 1 fully saturated rings. The average molecular weight is 182 g/mol. The van der Waals surface area contributed by atoms with Gasteiger partial charge in [-0.2, -0.15) is 0 Å². The smallest absolute Gasteiger partial charge is 0.0814 e. The lowest BCUT2D eigenvalue weighted by molar-refractivity contribution is 0.121. The minimum atomic E-state index is -0.486. The van der Waals surface area contributed by atoms with Crippen molar-refractivity contribution in [3.63, 3.8) is 0 Å². The van der Waals surface area contributed by atoms with Gasteiger partial charge < -0.3 is 10.2 Å². The number of allylic oxidation sites excluding steroid dienone is 2. The molecule has 0 bridgehead atoms. The summed E-state index contributed by atoms with van der Waals surface area (Å²) in [6.07, 6.45) is 2.36. The van der Waals surface area contributed by atoms with E-state index in [9.17, 15) is 10.2 Å². The molecule has 0 aromatic heterocycles. The van der Waals surface area contributed by atoms with Crippen molar-refractivity contribution < 1.29 is 10.2 Å². The Labute approximate surface area is 79.6 Å². The van der Waals surface area contributed by atoms with E-state index in [0.29, 0.717) is 12.8 Å². The molecular formula is C11H18O2. The molecule has 1 rings (SSSR count). The third-order valence-electron chi connectivity index (χ3n) is 2.61. The van der Waals surface area contributed by atoms with Gasteiger partial charge in [0.15, 0.2) is 0 Å². The molecule has 1 saturated carbocycles. The minimum Gasteiger partial charge on any atom is -0.388 e. The highest BCUT2D eigenvalue weighted by molar-refractivity contribution is 5.28. The molecule has 1 aliphatic rings. The maximum atomic E-state index is 9.75. The Kier molecular flexibility index (Phi) is 3.28. The Morgan fingerprint density at radius 1 is 1.23 bits per heavy atom. The fourth-order valence-electron chi connectivity index (χ4n) is 1.92. The van der Waals surface area contributed by atoms with Crippen molar-refractivity contribution in [1.82, 2.24) is 0 Å². The van der Waals surface area contributed by atoms with Crippen LogP contribution in [-0.4, -0.2) is 22.4 Å². The van der Waals surface area contributed by atoms with Crippen LogP contribution in [0.1, 0.15) is 33.6 Å². The average Bonchev–Trinajstić information content (AvgIpc) is 2.02. The molecule has 0 aromatic carbocycles. The van der Waals surface area contributed by atoms with E-state index in [4.69, 9.17) is 0 Å². The zero-order chi connectivity index (χ0) is 10.0. The summed E-state index contributed by atoms with van der Waals surface area (Å²) < 4.78 is 0. The maximum absolute atomic E-state index is 9.75. The first-order valence-electron chi connectivity index (χ1n) is 4.73. The van der Waals surface area contributed by atoms with Gasteiger partial charge in [0.25, 0.3) is 0 Å². The molecule has 1 aliphatic carbocycles. The zero-order valence-electron chi connectivity index (χ0n) is 8.54. The fraction of sp³-hybridized carbons (Fsp3) is 0.636. The SMILES string of the molecule is CC=C1CC(O)C(=C(C)C)C(O)C1. The van der Waals surface area contributed by atoms with E-state index in [1.54, 1.807) is 0 Å². The van der Waals surface area contributed by atoms with Crippen LogP contribution in [-0.2, 0) is 0 Å². The summed E-state index contributed by atoms with van der Waals surface area (Å²) in [5.74, 6) is 0. The van der Waals surface area contributed by atoms with Gasteiger partial charge in [-0.25, -0.2) is 0 Å². The first kappa shape index (κ1) is 10.5. The zero-order valence-corrected chi connectivity index (χ0v) is 8.54. The normalized spacial score (nSPS) is 29.0. The van der Waals surface area contributed by atoms with Crippen molar-refractivity contribution in [3.8, 4) is 0 Å². The summed E-state index contributed by atoms with van der Waals surface area (Å²) in [6.45, 7) is 5.81. The highest BCUT2D eigenvalue weighted by Crippen LogP contribution is 2.30. The largest absolute Gasteiger partial charge is 0.388 e. The molecule has 2 nitrogen and oxygen atoms in total. The standard InChI is InChI=1S/C11H18O2/c1-4-8-5-9(12)11(7(2)3)10(13)6-8/h4,9-10,12-13H,5-6H2,1-3H3. The van der Waals surface area contributed by atoms with E-state index < -0.39 is 12.2 Å². The second-order valence-electron chi connectivity index (χ2n) is 3.84. The summed E-state index contributed by atoms with van der Waals surface area (Å²) in [5.41, 5.74) is 2.99. The highest BCUT2D eigenvalue weighted by Gasteiger charge is 2.27. The molecule has 13 heavy (non-hydrogen) atoms. The number of aliphatic hydroxyl groups excluding tert-OH is 2. The quantitative estimate of drug-likeness (QED) is 0.561. The van der Waals surface area contributed by atoms with Crippen LogP contribution in [0.25, 0.3) is 0 Å². The molecule has 0 saturated heterocycles. The molecule has 0 radical (unpaired) electrons. The second kappa shape index (κ2) is 4.07. The first-order valence-corrected chi connectivity index (χ1v) is 4.73. The molecule has 0 aromatic rings. The van der Waals surface area contributed by atoms with Crippen molar-refractivity contribution in [2.45, 2.75) is 45.8 Å². The van der Waals surface area contributed by atoms with E-state index in [2.05, 4.69) is 0 Å². The van der Waals surface area contributed by atoms with Gasteiger partial charge in [0.1, 0.15) is 0 Å². The van der Waals surface area contributed by atoms with Gasteiger partial charge in [-0.1, -0.05) is 17.2 Å². The van der Waals surface area contributed by atoms with Crippen LogP contribution >= 0.6 is 0 Å². The van der Waals surface area contributed by atoms with Crippen molar-refractivity contribution in [2.75, 3.05) is 0 Å². The van der Waals surface area contributed by atoms with E-state index in [-0.39, 0.29) is 0 Å². The van der Waals surface area contributed by atoms with Crippen LogP contribution in [0.15, 0.2) is 22.8 Å². The number of rotatable bonds is 0.